The fourth-order valence-electron chi connectivity index (χ4n) is 3.34. The summed E-state index contributed by atoms with van der Waals surface area (Å²) in [6.45, 7) is 1.29. The van der Waals surface area contributed by atoms with Crippen LogP contribution in [0.15, 0.2) is 27.0 Å². The summed E-state index contributed by atoms with van der Waals surface area (Å²) in [5.41, 5.74) is 8.35. The predicted molar refractivity (Wildman–Crippen MR) is 128 cm³/mol. The van der Waals surface area contributed by atoms with Crippen molar-refractivity contribution < 1.29 is 29.1 Å². The number of carbonyl (C=O) groups excluding carboxylic acids is 3. The molecule has 0 radical (unpaired) electrons. The van der Waals surface area contributed by atoms with Gasteiger partial charge in [-0.25, -0.2) is 15.2 Å². The summed E-state index contributed by atoms with van der Waals surface area (Å²) in [6, 6.07) is -0.976. The molecule has 2 aromatic heterocycles. The molecule has 2 aliphatic heterocycles. The van der Waals surface area contributed by atoms with Gasteiger partial charge in [0.25, 0.3) is 11.8 Å². The largest absolute Gasteiger partial charge is 0.477 e. The fraction of sp³-hybridized carbons (Fsp3) is 0.353. The van der Waals surface area contributed by atoms with Crippen LogP contribution in [0.25, 0.3) is 0 Å². The Bertz CT molecular complexity index is 1290. The summed E-state index contributed by atoms with van der Waals surface area (Å²) in [6.07, 6.45) is 0. The molecular weight excluding hydrogens is 536 g/mol. The molecule has 4 heterocycles. The number of rotatable bonds is 9. The lowest BCUT2D eigenvalue weighted by Gasteiger charge is -2.49. The molecule has 0 spiro atoms. The first-order chi connectivity index (χ1) is 17.2. The number of hydrogen-bond acceptors (Lipinski definition) is 14. The van der Waals surface area contributed by atoms with Gasteiger partial charge in [0.05, 0.1) is 0 Å². The smallest absolute Gasteiger partial charge is 0.352 e. The first-order valence-electron chi connectivity index (χ1n) is 9.93. The van der Waals surface area contributed by atoms with Crippen LogP contribution in [-0.2, 0) is 24.0 Å². The Labute approximate surface area is 214 Å². The van der Waals surface area contributed by atoms with Crippen molar-refractivity contribution in [2.24, 2.45) is 5.16 Å². The van der Waals surface area contributed by atoms with Gasteiger partial charge in [-0.15, -0.1) is 27.9 Å². The van der Waals surface area contributed by atoms with Crippen molar-refractivity contribution in [2.45, 2.75) is 23.5 Å². The molecule has 19 heteroatoms. The number of amides is 3. The van der Waals surface area contributed by atoms with E-state index in [1.807, 2.05) is 0 Å². The quantitative estimate of drug-likeness (QED) is 0.122. The Morgan fingerprint density at radius 2 is 2.19 bits per heavy atom. The minimum absolute atomic E-state index is 0.151. The zero-order valence-corrected chi connectivity index (χ0v) is 21.0. The first-order valence-corrected chi connectivity index (χ1v) is 12.8. The lowest BCUT2D eigenvalue weighted by molar-refractivity contribution is -0.150. The molecule has 1 fully saturated rings. The molecule has 16 nitrogen and oxygen atoms in total. The number of carboxylic acids is 1. The van der Waals surface area contributed by atoms with E-state index in [1.165, 1.54) is 31.2 Å². The third kappa shape index (κ3) is 4.97. The summed E-state index contributed by atoms with van der Waals surface area (Å²) in [4.78, 5) is 60.0. The number of nitrogens with two attached hydrogens (primary N) is 1. The van der Waals surface area contributed by atoms with Crippen molar-refractivity contribution in [3.05, 3.63) is 22.3 Å². The van der Waals surface area contributed by atoms with Gasteiger partial charge in [0, 0.05) is 23.8 Å². The third-order valence-corrected chi connectivity index (χ3v) is 7.80. The first kappa shape index (κ1) is 25.4. The summed E-state index contributed by atoms with van der Waals surface area (Å²) in [5, 5.41) is 28.4. The van der Waals surface area contributed by atoms with Gasteiger partial charge in [0.1, 0.15) is 29.9 Å². The van der Waals surface area contributed by atoms with E-state index >= 15 is 0 Å². The molecule has 3 amide bonds. The van der Waals surface area contributed by atoms with Gasteiger partial charge in [0.2, 0.25) is 11.1 Å². The van der Waals surface area contributed by atoms with Crippen LogP contribution in [0.5, 0.6) is 0 Å². The average Bonchev–Trinajstić information content (AvgIpc) is 3.46. The van der Waals surface area contributed by atoms with Gasteiger partial charge in [-0.3, -0.25) is 19.3 Å². The number of aliphatic carboxylic acids is 1. The fourth-order valence-corrected chi connectivity index (χ4v) is 6.20. The molecule has 36 heavy (non-hydrogen) atoms. The number of carbonyl (C=O) groups is 4. The molecule has 190 valence electrons. The number of hydrogen-bond donors (Lipinski definition) is 4. The molecule has 0 unspecified atom stereocenters. The van der Waals surface area contributed by atoms with Crippen molar-refractivity contribution >= 4 is 69.4 Å². The second kappa shape index (κ2) is 10.5. The second-order valence-corrected chi connectivity index (χ2v) is 10.1. The maximum absolute atomic E-state index is 12.9. The number of tetrazole rings is 1. The van der Waals surface area contributed by atoms with Gasteiger partial charge < -0.3 is 21.0 Å². The number of fused-ring (bicyclic) bond motifs is 1. The number of aromatic nitrogens is 5. The number of thioether (sulfide) groups is 2. The van der Waals surface area contributed by atoms with Crippen LogP contribution < -0.4 is 16.5 Å². The van der Waals surface area contributed by atoms with E-state index in [0.29, 0.717) is 5.57 Å². The number of nitrogens with one attached hydrogen (secondary N) is 2. The minimum Gasteiger partial charge on any atom is -0.477 e. The molecule has 4 rings (SSSR count). The highest BCUT2D eigenvalue weighted by Crippen LogP contribution is 2.41. The SMILES string of the molecule is CO/N=C(\C(=O)N[C@@H]1C(=O)N2C(C(=O)O)=C(CSc3nnnn3NC(C)=O)CS[C@@H]12)c1csc(N)n1. The highest BCUT2D eigenvalue weighted by molar-refractivity contribution is 8.01. The zero-order chi connectivity index (χ0) is 26.0. The summed E-state index contributed by atoms with van der Waals surface area (Å²) < 4.78 is 0. The Morgan fingerprint density at radius 1 is 1.42 bits per heavy atom. The number of thiazole rings is 1. The molecule has 1 saturated heterocycles. The number of nitrogens with zero attached hydrogens (tertiary/aromatic N) is 7. The van der Waals surface area contributed by atoms with Crippen molar-refractivity contribution in [3.63, 3.8) is 0 Å². The Kier molecular flexibility index (Phi) is 7.40. The normalized spacial score (nSPS) is 19.4. The van der Waals surface area contributed by atoms with E-state index < -0.39 is 29.2 Å². The minimum atomic E-state index is -1.28. The molecule has 2 aliphatic rings. The predicted octanol–water partition coefficient (Wildman–Crippen LogP) is -1.32. The van der Waals surface area contributed by atoms with Crippen LogP contribution in [0, 0.1) is 0 Å². The standard InChI is InChI=1S/C17H18N10O6S3/c1-6(28)22-27-17(21-24-25-27)36-4-7-3-34-14-10(13(30)26(14)11(7)15(31)32)20-12(29)9(23-33-2)8-5-35-16(18)19-8/h5,10,14H,3-4H2,1-2H3,(H2,18,19)(H,20,29)(H,22,28)(H,31,32)/b23-9-/t10-,14+/m1/s1. The average molecular weight is 555 g/mol. The van der Waals surface area contributed by atoms with Crippen LogP contribution in [0.3, 0.4) is 0 Å². The van der Waals surface area contributed by atoms with E-state index in [-0.39, 0.29) is 44.8 Å². The van der Waals surface area contributed by atoms with E-state index in [9.17, 15) is 24.3 Å². The number of nitrogen functional groups attached to an aromatic ring is 1. The summed E-state index contributed by atoms with van der Waals surface area (Å²) >= 11 is 3.50. The van der Waals surface area contributed by atoms with Gasteiger partial charge in [-0.1, -0.05) is 22.0 Å². The maximum atomic E-state index is 12.9. The Morgan fingerprint density at radius 3 is 2.83 bits per heavy atom. The third-order valence-electron chi connectivity index (χ3n) is 4.78. The number of anilines is 1. The van der Waals surface area contributed by atoms with Crippen LogP contribution >= 0.6 is 34.9 Å². The highest BCUT2D eigenvalue weighted by Gasteiger charge is 2.54. The number of β-lactam (4-membered cyclic amide) rings is 1. The van der Waals surface area contributed by atoms with Crippen LogP contribution in [0.1, 0.15) is 12.6 Å². The van der Waals surface area contributed by atoms with E-state index in [1.54, 1.807) is 0 Å². The summed E-state index contributed by atoms with van der Waals surface area (Å²) in [5.74, 6) is -2.54. The van der Waals surface area contributed by atoms with Gasteiger partial charge in [-0.05, 0) is 16.0 Å². The Balaban J connectivity index is 1.48. The van der Waals surface area contributed by atoms with Crippen molar-refractivity contribution in [2.75, 3.05) is 29.8 Å². The molecular formula is C17H18N10O6S3. The topological polar surface area (TPSA) is 220 Å². The van der Waals surface area contributed by atoms with E-state index in [2.05, 4.69) is 36.4 Å². The summed E-state index contributed by atoms with van der Waals surface area (Å²) in [7, 11) is 1.26. The van der Waals surface area contributed by atoms with Crippen molar-refractivity contribution in [1.29, 1.82) is 0 Å². The van der Waals surface area contributed by atoms with Crippen LogP contribution in [0.2, 0.25) is 0 Å². The van der Waals surface area contributed by atoms with Crippen molar-refractivity contribution in [3.8, 4) is 0 Å². The van der Waals surface area contributed by atoms with Gasteiger partial charge in [0.15, 0.2) is 10.8 Å². The van der Waals surface area contributed by atoms with Crippen LogP contribution in [-0.4, -0.2) is 94.7 Å². The molecule has 0 bridgehead atoms. The van der Waals surface area contributed by atoms with Gasteiger partial charge >= 0.3 is 5.97 Å². The maximum Gasteiger partial charge on any atom is 0.352 e. The highest BCUT2D eigenvalue weighted by atomic mass is 32.2. The van der Waals surface area contributed by atoms with Crippen molar-refractivity contribution in [1.82, 2.24) is 35.5 Å². The lowest BCUT2D eigenvalue weighted by Crippen LogP contribution is -2.71. The Hall–Kier alpha value is -3.71. The molecule has 2 atom stereocenters. The monoisotopic (exact) mass is 554 g/mol. The van der Waals surface area contributed by atoms with E-state index in [0.717, 1.165) is 32.8 Å². The zero-order valence-electron chi connectivity index (χ0n) is 18.6. The number of carboxylic acid groups (broad SMARTS) is 1. The molecule has 0 saturated carbocycles. The molecule has 5 N–H and O–H groups in total. The second-order valence-electron chi connectivity index (χ2n) is 7.14. The molecule has 2 aromatic rings. The number of oxime groups is 1. The van der Waals surface area contributed by atoms with E-state index in [4.69, 9.17) is 10.6 Å². The lowest BCUT2D eigenvalue weighted by atomic mass is 10.0. The molecule has 0 aliphatic carbocycles. The molecule has 0 aromatic carbocycles. The van der Waals surface area contributed by atoms with Crippen LogP contribution in [0.4, 0.5) is 5.13 Å². The van der Waals surface area contributed by atoms with Gasteiger partial charge in [-0.2, -0.15) is 0 Å².